The number of rotatable bonds is 8. The van der Waals surface area contributed by atoms with Crippen LogP contribution in [0.1, 0.15) is 36.2 Å². The van der Waals surface area contributed by atoms with Gasteiger partial charge in [-0.25, -0.2) is 4.79 Å². The average Bonchev–Trinajstić information content (AvgIpc) is 2.75. The molecule has 174 valence electrons. The van der Waals surface area contributed by atoms with Gasteiger partial charge in [-0.05, 0) is 30.0 Å². The second-order valence-electron chi connectivity index (χ2n) is 7.14. The van der Waals surface area contributed by atoms with Crippen LogP contribution in [0.15, 0.2) is 60.7 Å². The second kappa shape index (κ2) is 16.5. The van der Waals surface area contributed by atoms with E-state index >= 15 is 0 Å². The Morgan fingerprint density at radius 2 is 1.38 bits per heavy atom. The lowest BCUT2D eigenvalue weighted by Gasteiger charge is -2.14. The molecule has 10 heteroatoms. The molecule has 0 fully saturated rings. The SMILES string of the molecule is CC(C)C[C@H](N)C(=O)O.O=C(N[C@@H](Cc1ccccc1)C(=O)O)c1ccccc1.OBO. The maximum Gasteiger partial charge on any atom is 0.432 e. The van der Waals surface area contributed by atoms with Crippen LogP contribution >= 0.6 is 0 Å². The highest BCUT2D eigenvalue weighted by molar-refractivity contribution is 6.13. The van der Waals surface area contributed by atoms with Gasteiger partial charge in [-0.3, -0.25) is 9.59 Å². The van der Waals surface area contributed by atoms with Gasteiger partial charge in [0.05, 0.1) is 0 Å². The van der Waals surface area contributed by atoms with E-state index in [1.165, 1.54) is 0 Å². The zero-order valence-corrected chi connectivity index (χ0v) is 18.2. The van der Waals surface area contributed by atoms with Crippen LogP contribution in [0.3, 0.4) is 0 Å². The first-order valence-electron chi connectivity index (χ1n) is 9.95. The van der Waals surface area contributed by atoms with E-state index in [9.17, 15) is 19.5 Å². The minimum Gasteiger partial charge on any atom is -0.480 e. The summed E-state index contributed by atoms with van der Waals surface area (Å²) >= 11 is 0. The quantitative estimate of drug-likeness (QED) is 0.323. The number of carboxylic acid groups (broad SMARTS) is 2. The second-order valence-corrected chi connectivity index (χ2v) is 7.14. The summed E-state index contributed by atoms with van der Waals surface area (Å²) in [5, 5.41) is 34.3. The first-order chi connectivity index (χ1) is 15.1. The predicted octanol–water partition coefficient (Wildman–Crippen LogP) is 0.794. The monoisotopic (exact) mass is 446 g/mol. The Hall–Kier alpha value is -3.21. The lowest BCUT2D eigenvalue weighted by Crippen LogP contribution is -2.42. The van der Waals surface area contributed by atoms with Crippen molar-refractivity contribution in [3.8, 4) is 0 Å². The third kappa shape index (κ3) is 13.2. The molecule has 2 aromatic rings. The highest BCUT2D eigenvalue weighted by Crippen LogP contribution is 2.05. The zero-order chi connectivity index (χ0) is 24.5. The smallest absolute Gasteiger partial charge is 0.432 e. The molecule has 0 aromatic heterocycles. The molecule has 0 saturated heterocycles. The maximum atomic E-state index is 12.0. The van der Waals surface area contributed by atoms with E-state index < -0.39 is 31.7 Å². The maximum absolute atomic E-state index is 12.0. The van der Waals surface area contributed by atoms with Gasteiger partial charge in [-0.15, -0.1) is 0 Å². The molecule has 7 N–H and O–H groups in total. The van der Waals surface area contributed by atoms with Gasteiger partial charge in [0, 0.05) is 12.0 Å². The van der Waals surface area contributed by atoms with Crippen LogP contribution in [0, 0.1) is 5.92 Å². The van der Waals surface area contributed by atoms with Gasteiger partial charge in [0.15, 0.2) is 0 Å². The van der Waals surface area contributed by atoms with E-state index in [0.29, 0.717) is 17.9 Å². The molecule has 0 bridgehead atoms. The van der Waals surface area contributed by atoms with Crippen molar-refractivity contribution in [3.05, 3.63) is 71.8 Å². The minimum absolute atomic E-state index is 0.259. The van der Waals surface area contributed by atoms with Crippen LogP contribution in [-0.4, -0.2) is 57.9 Å². The Morgan fingerprint density at radius 1 is 0.906 bits per heavy atom. The summed E-state index contributed by atoms with van der Waals surface area (Å²) in [4.78, 5) is 33.3. The molecule has 0 spiro atoms. The largest absolute Gasteiger partial charge is 0.480 e. The van der Waals surface area contributed by atoms with Crippen LogP contribution < -0.4 is 11.1 Å². The van der Waals surface area contributed by atoms with E-state index in [2.05, 4.69) is 5.32 Å². The van der Waals surface area contributed by atoms with E-state index in [1.807, 2.05) is 44.2 Å². The molecule has 0 aliphatic rings. The molecule has 0 heterocycles. The minimum atomic E-state index is -1.04. The van der Waals surface area contributed by atoms with Crippen molar-refractivity contribution in [1.29, 1.82) is 0 Å². The number of hydrogen-bond acceptors (Lipinski definition) is 6. The molecular weight excluding hydrogens is 415 g/mol. The number of carbonyl (C=O) groups excluding carboxylic acids is 1. The van der Waals surface area contributed by atoms with Gasteiger partial charge in [0.25, 0.3) is 5.91 Å². The van der Waals surface area contributed by atoms with Gasteiger partial charge in [0.2, 0.25) is 0 Å². The van der Waals surface area contributed by atoms with E-state index in [-0.39, 0.29) is 12.3 Å². The first-order valence-corrected chi connectivity index (χ1v) is 9.95. The van der Waals surface area contributed by atoms with Crippen molar-refractivity contribution in [2.45, 2.75) is 38.8 Å². The molecule has 32 heavy (non-hydrogen) atoms. The highest BCUT2D eigenvalue weighted by Gasteiger charge is 2.20. The number of benzene rings is 2. The predicted molar refractivity (Wildman–Crippen MR) is 122 cm³/mol. The lowest BCUT2D eigenvalue weighted by atomic mass is 10.1. The Morgan fingerprint density at radius 3 is 1.75 bits per heavy atom. The normalized spacial score (nSPS) is 11.6. The molecule has 2 rings (SSSR count). The first kappa shape index (κ1) is 28.8. The molecule has 9 nitrogen and oxygen atoms in total. The summed E-state index contributed by atoms with van der Waals surface area (Å²) in [6.45, 7) is 3.89. The molecule has 2 aromatic carbocycles. The Kier molecular flexibility index (Phi) is 14.8. The van der Waals surface area contributed by atoms with Crippen LogP contribution in [0.25, 0.3) is 0 Å². The number of carboxylic acids is 2. The Balaban J connectivity index is 0.000000672. The summed E-state index contributed by atoms with van der Waals surface area (Å²) in [7, 11) is -0.750. The molecule has 0 radical (unpaired) electrons. The van der Waals surface area contributed by atoms with Crippen molar-refractivity contribution in [2.24, 2.45) is 11.7 Å². The van der Waals surface area contributed by atoms with Gasteiger partial charge >= 0.3 is 19.6 Å². The van der Waals surface area contributed by atoms with Crippen molar-refractivity contribution in [2.75, 3.05) is 0 Å². The van der Waals surface area contributed by atoms with Gasteiger partial charge in [-0.1, -0.05) is 62.4 Å². The molecule has 0 saturated carbocycles. The molecular formula is C22H31BN2O7. The summed E-state index contributed by atoms with van der Waals surface area (Å²) in [6.07, 6.45) is 0.810. The highest BCUT2D eigenvalue weighted by atomic mass is 16.4. The number of aliphatic carboxylic acids is 2. The zero-order valence-electron chi connectivity index (χ0n) is 18.2. The molecule has 0 aliphatic heterocycles. The lowest BCUT2D eigenvalue weighted by molar-refractivity contribution is -0.140. The van der Waals surface area contributed by atoms with Crippen molar-refractivity contribution in [3.63, 3.8) is 0 Å². The number of amides is 1. The van der Waals surface area contributed by atoms with Crippen LogP contribution in [0.5, 0.6) is 0 Å². The standard InChI is InChI=1S/C16H15NO3.C6H13NO2.BH3O2/c18-15(13-9-5-2-6-10-13)17-14(16(19)20)11-12-7-3-1-4-8-12;1-4(2)3-5(7)6(8)9;2-1-3/h1-10,14H,11H2,(H,17,18)(H,19,20);4-5H,3,7H2,1-2H3,(H,8,9);1-3H/t14-;5-;/m00./s1. The summed E-state index contributed by atoms with van der Waals surface area (Å²) in [6, 6.07) is 16.2. The number of nitrogens with two attached hydrogens (primary N) is 1. The summed E-state index contributed by atoms with van der Waals surface area (Å²) < 4.78 is 0. The molecule has 0 aliphatic carbocycles. The number of nitrogens with one attached hydrogen (secondary N) is 1. The summed E-state index contributed by atoms with van der Waals surface area (Å²) in [5.74, 6) is -1.98. The fourth-order valence-corrected chi connectivity index (χ4v) is 2.49. The number of hydrogen-bond donors (Lipinski definition) is 6. The summed E-state index contributed by atoms with van der Waals surface area (Å²) in [5.41, 5.74) is 6.54. The van der Waals surface area contributed by atoms with Gasteiger partial charge in [0.1, 0.15) is 12.1 Å². The fourth-order valence-electron chi connectivity index (χ4n) is 2.49. The van der Waals surface area contributed by atoms with Gasteiger partial charge in [-0.2, -0.15) is 0 Å². The van der Waals surface area contributed by atoms with Crippen molar-refractivity contribution in [1.82, 2.24) is 5.32 Å². The number of carbonyl (C=O) groups is 3. The van der Waals surface area contributed by atoms with Crippen molar-refractivity contribution >= 4 is 25.5 Å². The van der Waals surface area contributed by atoms with E-state index in [1.54, 1.807) is 30.3 Å². The third-order valence-electron chi connectivity index (χ3n) is 3.96. The Labute approximate surface area is 188 Å². The van der Waals surface area contributed by atoms with E-state index in [0.717, 1.165) is 5.56 Å². The van der Waals surface area contributed by atoms with E-state index in [4.69, 9.17) is 20.9 Å². The molecule has 1 amide bonds. The van der Waals surface area contributed by atoms with Gasteiger partial charge < -0.3 is 31.3 Å². The Bertz CT molecular complexity index is 804. The third-order valence-corrected chi connectivity index (χ3v) is 3.96. The average molecular weight is 446 g/mol. The topological polar surface area (TPSA) is 170 Å². The van der Waals surface area contributed by atoms with Crippen LogP contribution in [0.4, 0.5) is 0 Å². The van der Waals surface area contributed by atoms with Crippen molar-refractivity contribution < 1.29 is 34.6 Å². The van der Waals surface area contributed by atoms with Crippen LogP contribution in [0.2, 0.25) is 0 Å². The van der Waals surface area contributed by atoms with Crippen LogP contribution in [-0.2, 0) is 16.0 Å². The molecule has 2 atom stereocenters. The molecule has 0 unspecified atom stereocenters. The fraction of sp³-hybridized carbons (Fsp3) is 0.318.